The Hall–Kier alpha value is -1.78. The molecule has 0 radical (unpaired) electrons. The predicted molar refractivity (Wildman–Crippen MR) is 85.9 cm³/mol. The molecule has 0 spiro atoms. The second-order valence-corrected chi connectivity index (χ2v) is 6.02. The quantitative estimate of drug-likeness (QED) is 0.853. The summed E-state index contributed by atoms with van der Waals surface area (Å²) in [7, 11) is 0. The van der Waals surface area contributed by atoms with Crippen molar-refractivity contribution in [2.75, 3.05) is 19.7 Å². The number of carbonyl (C=O) groups is 1. The maximum atomic E-state index is 12.1. The molecule has 0 atom stereocenters. The van der Waals surface area contributed by atoms with Gasteiger partial charge in [0.25, 0.3) is 0 Å². The monoisotopic (exact) mass is 319 g/mol. The number of fused-ring (bicyclic) bond motifs is 1. The molecule has 1 N–H and O–H groups in total. The van der Waals surface area contributed by atoms with Crippen molar-refractivity contribution in [3.05, 3.63) is 46.5 Å². The van der Waals surface area contributed by atoms with E-state index in [2.05, 4.69) is 0 Å². The topological polar surface area (TPSA) is 49.8 Å². The number of hydrogen-bond donors (Lipinski definition) is 1. The van der Waals surface area contributed by atoms with Crippen molar-refractivity contribution in [3.63, 3.8) is 0 Å². The SMILES string of the molecule is O=C(C=CC1=Cc2cc(Cl)ccc2OC1)N1CCC(O)CC1. The van der Waals surface area contributed by atoms with Gasteiger partial charge in [-0.2, -0.15) is 0 Å². The second kappa shape index (κ2) is 6.55. The third kappa shape index (κ3) is 3.51. The first-order chi connectivity index (χ1) is 10.6. The molecule has 2 aliphatic heterocycles. The summed E-state index contributed by atoms with van der Waals surface area (Å²) in [5.41, 5.74) is 1.85. The van der Waals surface area contributed by atoms with Crippen LogP contribution in [0.3, 0.4) is 0 Å². The first kappa shape index (κ1) is 15.1. The number of hydrogen-bond acceptors (Lipinski definition) is 3. The van der Waals surface area contributed by atoms with Crippen molar-refractivity contribution in [3.8, 4) is 5.75 Å². The molecule has 2 aliphatic rings. The van der Waals surface area contributed by atoms with E-state index in [0.717, 1.165) is 16.9 Å². The molecule has 5 heteroatoms. The number of halogens is 1. The van der Waals surface area contributed by atoms with Gasteiger partial charge in [0.1, 0.15) is 12.4 Å². The molecule has 0 bridgehead atoms. The van der Waals surface area contributed by atoms with E-state index in [9.17, 15) is 9.90 Å². The Morgan fingerprint density at radius 1 is 1.36 bits per heavy atom. The van der Waals surface area contributed by atoms with Crippen LogP contribution in [-0.4, -0.2) is 41.7 Å². The maximum absolute atomic E-state index is 12.1. The summed E-state index contributed by atoms with van der Waals surface area (Å²) >= 11 is 5.98. The van der Waals surface area contributed by atoms with E-state index < -0.39 is 0 Å². The molecule has 0 aromatic heterocycles. The molecule has 1 fully saturated rings. The van der Waals surface area contributed by atoms with Crippen LogP contribution in [0, 0.1) is 0 Å². The lowest BCUT2D eigenvalue weighted by Gasteiger charge is -2.28. The molecule has 4 nitrogen and oxygen atoms in total. The molecule has 1 aromatic carbocycles. The first-order valence-corrected chi connectivity index (χ1v) is 7.77. The van der Waals surface area contributed by atoms with Crippen molar-refractivity contribution in [2.24, 2.45) is 0 Å². The number of carbonyl (C=O) groups excluding carboxylic acids is 1. The summed E-state index contributed by atoms with van der Waals surface area (Å²) in [4.78, 5) is 13.9. The van der Waals surface area contributed by atoms with Gasteiger partial charge in [0.05, 0.1) is 6.10 Å². The molecule has 22 heavy (non-hydrogen) atoms. The Morgan fingerprint density at radius 2 is 2.14 bits per heavy atom. The van der Waals surface area contributed by atoms with Crippen LogP contribution in [0.25, 0.3) is 6.08 Å². The van der Waals surface area contributed by atoms with Crippen LogP contribution in [0.2, 0.25) is 5.02 Å². The van der Waals surface area contributed by atoms with Crippen molar-refractivity contribution < 1.29 is 14.6 Å². The Kier molecular flexibility index (Phi) is 4.50. The van der Waals surface area contributed by atoms with Crippen LogP contribution in [-0.2, 0) is 4.79 Å². The van der Waals surface area contributed by atoms with Gasteiger partial charge >= 0.3 is 0 Å². The lowest BCUT2D eigenvalue weighted by Crippen LogP contribution is -2.39. The van der Waals surface area contributed by atoms with E-state index in [1.165, 1.54) is 0 Å². The highest BCUT2D eigenvalue weighted by Crippen LogP contribution is 2.29. The fraction of sp³-hybridized carbons (Fsp3) is 0.353. The van der Waals surface area contributed by atoms with Crippen LogP contribution in [0.15, 0.2) is 35.9 Å². The number of aliphatic hydroxyl groups is 1. The summed E-state index contributed by atoms with van der Waals surface area (Å²) in [5, 5.41) is 10.1. The van der Waals surface area contributed by atoms with Gasteiger partial charge in [0.2, 0.25) is 5.91 Å². The van der Waals surface area contributed by atoms with E-state index in [4.69, 9.17) is 16.3 Å². The van der Waals surface area contributed by atoms with Crippen LogP contribution >= 0.6 is 11.6 Å². The van der Waals surface area contributed by atoms with Gasteiger partial charge in [0, 0.05) is 29.8 Å². The fourth-order valence-electron chi connectivity index (χ4n) is 2.63. The predicted octanol–water partition coefficient (Wildman–Crippen LogP) is 2.66. The minimum absolute atomic E-state index is 0.0234. The minimum atomic E-state index is -0.274. The molecule has 2 heterocycles. The van der Waals surface area contributed by atoms with Gasteiger partial charge in [-0.3, -0.25) is 4.79 Å². The number of aliphatic hydroxyl groups excluding tert-OH is 1. The average molecular weight is 320 g/mol. The molecule has 1 saturated heterocycles. The Bertz CT molecular complexity index is 631. The molecule has 116 valence electrons. The normalized spacial score (nSPS) is 18.8. The molecule has 3 rings (SSSR count). The molecule has 0 aliphatic carbocycles. The Labute approximate surface area is 134 Å². The number of benzene rings is 1. The van der Waals surface area contributed by atoms with Gasteiger partial charge in [-0.15, -0.1) is 0 Å². The van der Waals surface area contributed by atoms with Crippen LogP contribution in [0.5, 0.6) is 5.75 Å². The van der Waals surface area contributed by atoms with Gasteiger partial charge in [-0.1, -0.05) is 17.7 Å². The van der Waals surface area contributed by atoms with E-state index in [0.29, 0.717) is 37.6 Å². The van der Waals surface area contributed by atoms with Crippen molar-refractivity contribution in [1.29, 1.82) is 0 Å². The van der Waals surface area contributed by atoms with E-state index in [1.807, 2.05) is 18.2 Å². The summed E-state index contributed by atoms with van der Waals surface area (Å²) < 4.78 is 5.65. The highest BCUT2D eigenvalue weighted by molar-refractivity contribution is 6.30. The molecular weight excluding hydrogens is 302 g/mol. The lowest BCUT2D eigenvalue weighted by molar-refractivity contribution is -0.127. The number of nitrogens with zero attached hydrogens (tertiary/aromatic N) is 1. The van der Waals surface area contributed by atoms with Crippen LogP contribution in [0.4, 0.5) is 0 Å². The largest absolute Gasteiger partial charge is 0.488 e. The van der Waals surface area contributed by atoms with Gasteiger partial charge < -0.3 is 14.7 Å². The third-order valence-corrected chi connectivity index (χ3v) is 4.16. The van der Waals surface area contributed by atoms with Crippen LogP contribution in [0.1, 0.15) is 18.4 Å². The Balaban J connectivity index is 1.67. The van der Waals surface area contributed by atoms with E-state index >= 15 is 0 Å². The average Bonchev–Trinajstić information content (AvgIpc) is 2.53. The number of ether oxygens (including phenoxy) is 1. The fourth-order valence-corrected chi connectivity index (χ4v) is 2.81. The third-order valence-electron chi connectivity index (χ3n) is 3.92. The van der Waals surface area contributed by atoms with Crippen molar-refractivity contribution in [2.45, 2.75) is 18.9 Å². The molecule has 1 amide bonds. The molecule has 0 unspecified atom stereocenters. The van der Waals surface area contributed by atoms with E-state index in [-0.39, 0.29) is 12.0 Å². The number of likely N-dealkylation sites (tertiary alicyclic amines) is 1. The van der Waals surface area contributed by atoms with E-state index in [1.54, 1.807) is 23.1 Å². The summed E-state index contributed by atoms with van der Waals surface area (Å²) in [6.45, 7) is 1.66. The smallest absolute Gasteiger partial charge is 0.246 e. The summed E-state index contributed by atoms with van der Waals surface area (Å²) in [6, 6.07) is 5.49. The zero-order chi connectivity index (χ0) is 15.5. The molecule has 1 aromatic rings. The van der Waals surface area contributed by atoms with Gasteiger partial charge in [-0.25, -0.2) is 0 Å². The number of rotatable bonds is 2. The first-order valence-electron chi connectivity index (χ1n) is 7.40. The summed E-state index contributed by atoms with van der Waals surface area (Å²) in [5.74, 6) is 0.780. The zero-order valence-corrected chi connectivity index (χ0v) is 12.9. The number of piperidine rings is 1. The second-order valence-electron chi connectivity index (χ2n) is 5.58. The van der Waals surface area contributed by atoms with Crippen molar-refractivity contribution in [1.82, 2.24) is 4.90 Å². The molecule has 0 saturated carbocycles. The highest BCUT2D eigenvalue weighted by atomic mass is 35.5. The zero-order valence-electron chi connectivity index (χ0n) is 12.2. The maximum Gasteiger partial charge on any atom is 0.246 e. The number of amides is 1. The van der Waals surface area contributed by atoms with Gasteiger partial charge in [-0.05, 0) is 42.7 Å². The van der Waals surface area contributed by atoms with Crippen LogP contribution < -0.4 is 4.74 Å². The Morgan fingerprint density at radius 3 is 2.91 bits per heavy atom. The highest BCUT2D eigenvalue weighted by Gasteiger charge is 2.19. The van der Waals surface area contributed by atoms with Gasteiger partial charge in [0.15, 0.2) is 0 Å². The minimum Gasteiger partial charge on any atom is -0.488 e. The lowest BCUT2D eigenvalue weighted by atomic mass is 10.1. The van der Waals surface area contributed by atoms with Crippen molar-refractivity contribution >= 4 is 23.6 Å². The summed E-state index contributed by atoms with van der Waals surface area (Å²) in [6.07, 6.45) is 6.37. The standard InChI is InChI=1S/C17H18ClNO3/c18-14-2-3-16-13(10-14)9-12(11-22-16)1-4-17(21)19-7-5-15(20)6-8-19/h1-4,9-10,15,20H,5-8,11H2. The molecular formula is C17H18ClNO3.